The highest BCUT2D eigenvalue weighted by Crippen LogP contribution is 2.25. The van der Waals surface area contributed by atoms with Crippen LogP contribution in [0.5, 0.6) is 5.75 Å². The van der Waals surface area contributed by atoms with Gasteiger partial charge in [-0.1, -0.05) is 49.4 Å². The fourth-order valence-electron chi connectivity index (χ4n) is 2.39. The first-order valence-electron chi connectivity index (χ1n) is 6.95. The van der Waals surface area contributed by atoms with Crippen molar-refractivity contribution in [3.05, 3.63) is 65.2 Å². The van der Waals surface area contributed by atoms with Crippen molar-refractivity contribution in [1.82, 2.24) is 5.43 Å². The number of rotatable bonds is 6. The maximum atomic E-state index is 5.74. The molecule has 0 amide bonds. The SMILES string of the molecule is CCc1cccc(C(Cc2ccccc2OC)NN)c1. The zero-order valence-electron chi connectivity index (χ0n) is 12.1. The van der Waals surface area contributed by atoms with Gasteiger partial charge in [-0.05, 0) is 35.6 Å². The standard InChI is InChI=1S/C17H22N2O/c1-3-13-7-6-9-14(11-13)16(19-18)12-15-8-4-5-10-17(15)20-2/h4-11,16,19H,3,12,18H2,1-2H3. The summed E-state index contributed by atoms with van der Waals surface area (Å²) in [6.07, 6.45) is 1.83. The van der Waals surface area contributed by atoms with Crippen molar-refractivity contribution in [3.8, 4) is 5.75 Å². The lowest BCUT2D eigenvalue weighted by atomic mass is 9.97. The van der Waals surface area contributed by atoms with Crippen molar-refractivity contribution in [2.24, 2.45) is 5.84 Å². The molecule has 0 aromatic heterocycles. The smallest absolute Gasteiger partial charge is 0.122 e. The molecule has 3 heteroatoms. The minimum atomic E-state index is 0.0813. The Kier molecular flexibility index (Phi) is 5.16. The van der Waals surface area contributed by atoms with Gasteiger partial charge in [0.15, 0.2) is 0 Å². The van der Waals surface area contributed by atoms with Gasteiger partial charge in [0, 0.05) is 0 Å². The summed E-state index contributed by atoms with van der Waals surface area (Å²) in [6, 6.07) is 16.7. The molecule has 1 atom stereocenters. The summed E-state index contributed by atoms with van der Waals surface area (Å²) < 4.78 is 5.40. The van der Waals surface area contributed by atoms with Gasteiger partial charge in [0.25, 0.3) is 0 Å². The van der Waals surface area contributed by atoms with Crippen molar-refractivity contribution in [1.29, 1.82) is 0 Å². The second kappa shape index (κ2) is 7.08. The lowest BCUT2D eigenvalue weighted by molar-refractivity contribution is 0.405. The van der Waals surface area contributed by atoms with E-state index in [9.17, 15) is 0 Å². The number of aryl methyl sites for hydroxylation is 1. The van der Waals surface area contributed by atoms with Crippen molar-refractivity contribution in [2.45, 2.75) is 25.8 Å². The van der Waals surface area contributed by atoms with Gasteiger partial charge in [0.05, 0.1) is 13.2 Å². The van der Waals surface area contributed by atoms with Crippen LogP contribution >= 0.6 is 0 Å². The van der Waals surface area contributed by atoms with E-state index >= 15 is 0 Å². The van der Waals surface area contributed by atoms with Gasteiger partial charge in [0.2, 0.25) is 0 Å². The molecule has 0 bridgehead atoms. The third-order valence-electron chi connectivity index (χ3n) is 3.58. The molecule has 20 heavy (non-hydrogen) atoms. The normalized spacial score (nSPS) is 12.2. The Morgan fingerprint density at radius 2 is 1.95 bits per heavy atom. The predicted molar refractivity (Wildman–Crippen MR) is 82.6 cm³/mol. The summed E-state index contributed by atoms with van der Waals surface area (Å²) >= 11 is 0. The second-order valence-electron chi connectivity index (χ2n) is 4.83. The largest absolute Gasteiger partial charge is 0.496 e. The fraction of sp³-hybridized carbons (Fsp3) is 0.294. The number of nitrogens with one attached hydrogen (secondary N) is 1. The molecule has 1 unspecified atom stereocenters. The van der Waals surface area contributed by atoms with E-state index in [2.05, 4.69) is 42.7 Å². The maximum Gasteiger partial charge on any atom is 0.122 e. The lowest BCUT2D eigenvalue weighted by Gasteiger charge is -2.18. The average Bonchev–Trinajstić information content (AvgIpc) is 2.53. The van der Waals surface area contributed by atoms with Gasteiger partial charge in [-0.25, -0.2) is 0 Å². The first-order chi connectivity index (χ1) is 9.78. The molecule has 0 spiro atoms. The molecule has 3 nitrogen and oxygen atoms in total. The fourth-order valence-corrected chi connectivity index (χ4v) is 2.39. The number of hydrogen-bond acceptors (Lipinski definition) is 3. The minimum absolute atomic E-state index is 0.0813. The van der Waals surface area contributed by atoms with Gasteiger partial charge in [-0.2, -0.15) is 0 Å². The molecular formula is C17H22N2O. The summed E-state index contributed by atoms with van der Waals surface area (Å²) in [4.78, 5) is 0. The molecular weight excluding hydrogens is 248 g/mol. The van der Waals surface area contributed by atoms with E-state index in [4.69, 9.17) is 10.6 Å². The van der Waals surface area contributed by atoms with Crippen molar-refractivity contribution in [2.75, 3.05) is 7.11 Å². The van der Waals surface area contributed by atoms with Crippen LogP contribution in [0.1, 0.15) is 29.7 Å². The Morgan fingerprint density at radius 3 is 2.65 bits per heavy atom. The van der Waals surface area contributed by atoms with Crippen LogP contribution in [0, 0.1) is 0 Å². The predicted octanol–water partition coefficient (Wildman–Crippen LogP) is 3.00. The molecule has 0 saturated carbocycles. The Balaban J connectivity index is 2.24. The van der Waals surface area contributed by atoms with Crippen LogP contribution < -0.4 is 16.0 Å². The van der Waals surface area contributed by atoms with E-state index < -0.39 is 0 Å². The summed E-state index contributed by atoms with van der Waals surface area (Å²) in [6.45, 7) is 2.16. The molecule has 2 aromatic rings. The van der Waals surface area contributed by atoms with Gasteiger partial charge < -0.3 is 4.74 Å². The van der Waals surface area contributed by atoms with E-state index in [0.717, 1.165) is 24.2 Å². The van der Waals surface area contributed by atoms with Gasteiger partial charge in [0.1, 0.15) is 5.75 Å². The molecule has 0 saturated heterocycles. The Morgan fingerprint density at radius 1 is 1.15 bits per heavy atom. The van der Waals surface area contributed by atoms with Crippen LogP contribution in [0.4, 0.5) is 0 Å². The quantitative estimate of drug-likeness (QED) is 0.626. The number of para-hydroxylation sites is 1. The Bertz CT molecular complexity index is 554. The summed E-state index contributed by atoms with van der Waals surface area (Å²) in [7, 11) is 1.70. The summed E-state index contributed by atoms with van der Waals surface area (Å²) in [5, 5.41) is 0. The molecule has 106 valence electrons. The monoisotopic (exact) mass is 270 g/mol. The van der Waals surface area contributed by atoms with E-state index in [1.807, 2.05) is 18.2 Å². The van der Waals surface area contributed by atoms with E-state index in [1.165, 1.54) is 11.1 Å². The first-order valence-corrected chi connectivity index (χ1v) is 6.95. The number of hydrogen-bond donors (Lipinski definition) is 2. The zero-order chi connectivity index (χ0) is 14.4. The summed E-state index contributed by atoms with van der Waals surface area (Å²) in [5.74, 6) is 6.65. The van der Waals surface area contributed by atoms with Crippen molar-refractivity contribution in [3.63, 3.8) is 0 Å². The Labute approximate surface area is 120 Å². The van der Waals surface area contributed by atoms with Crippen LogP contribution in [0.2, 0.25) is 0 Å². The number of ether oxygens (including phenoxy) is 1. The van der Waals surface area contributed by atoms with Crippen molar-refractivity contribution >= 4 is 0 Å². The molecule has 0 radical (unpaired) electrons. The van der Waals surface area contributed by atoms with E-state index in [0.29, 0.717) is 0 Å². The topological polar surface area (TPSA) is 47.3 Å². The molecule has 3 N–H and O–H groups in total. The number of benzene rings is 2. The number of nitrogens with two attached hydrogens (primary N) is 1. The Hall–Kier alpha value is -1.84. The minimum Gasteiger partial charge on any atom is -0.496 e. The highest BCUT2D eigenvalue weighted by molar-refractivity contribution is 5.36. The van der Waals surface area contributed by atoms with E-state index in [1.54, 1.807) is 7.11 Å². The second-order valence-corrected chi connectivity index (χ2v) is 4.83. The van der Waals surface area contributed by atoms with Gasteiger partial charge in [-0.3, -0.25) is 11.3 Å². The lowest BCUT2D eigenvalue weighted by Crippen LogP contribution is -2.29. The molecule has 2 rings (SSSR count). The molecule has 0 aliphatic carbocycles. The van der Waals surface area contributed by atoms with Gasteiger partial charge >= 0.3 is 0 Å². The molecule has 2 aromatic carbocycles. The highest BCUT2D eigenvalue weighted by atomic mass is 16.5. The molecule has 0 aliphatic heterocycles. The number of methoxy groups -OCH3 is 1. The van der Waals surface area contributed by atoms with E-state index in [-0.39, 0.29) is 6.04 Å². The van der Waals surface area contributed by atoms with Gasteiger partial charge in [-0.15, -0.1) is 0 Å². The van der Waals surface area contributed by atoms with Crippen LogP contribution in [0.3, 0.4) is 0 Å². The third-order valence-corrected chi connectivity index (χ3v) is 3.58. The average molecular weight is 270 g/mol. The third kappa shape index (κ3) is 3.38. The van der Waals surface area contributed by atoms with Crippen LogP contribution in [-0.2, 0) is 12.8 Å². The first kappa shape index (κ1) is 14.6. The van der Waals surface area contributed by atoms with Crippen LogP contribution in [0.15, 0.2) is 48.5 Å². The zero-order valence-corrected chi connectivity index (χ0v) is 12.1. The highest BCUT2D eigenvalue weighted by Gasteiger charge is 2.13. The maximum absolute atomic E-state index is 5.74. The molecule has 0 heterocycles. The van der Waals surface area contributed by atoms with Crippen molar-refractivity contribution < 1.29 is 4.74 Å². The molecule has 0 aliphatic rings. The van der Waals surface area contributed by atoms with Crippen LogP contribution in [-0.4, -0.2) is 7.11 Å². The molecule has 0 fully saturated rings. The van der Waals surface area contributed by atoms with Crippen LogP contribution in [0.25, 0.3) is 0 Å². The summed E-state index contributed by atoms with van der Waals surface area (Å²) in [5.41, 5.74) is 6.59. The number of hydrazine groups is 1.